The van der Waals surface area contributed by atoms with E-state index in [1.807, 2.05) is 7.05 Å². The van der Waals surface area contributed by atoms with Crippen molar-refractivity contribution < 1.29 is 5.11 Å². The molecule has 2 unspecified atom stereocenters. The Morgan fingerprint density at radius 3 is 2.86 bits per heavy atom. The van der Waals surface area contributed by atoms with Gasteiger partial charge in [0.05, 0.1) is 0 Å². The zero-order valence-corrected chi connectivity index (χ0v) is 9.50. The van der Waals surface area contributed by atoms with E-state index in [1.165, 1.54) is 25.8 Å². The number of aliphatic hydroxyl groups excluding tert-OH is 1. The van der Waals surface area contributed by atoms with Crippen LogP contribution >= 0.6 is 0 Å². The van der Waals surface area contributed by atoms with E-state index in [-0.39, 0.29) is 6.61 Å². The van der Waals surface area contributed by atoms with Gasteiger partial charge in [-0.15, -0.1) is 0 Å². The van der Waals surface area contributed by atoms with Gasteiger partial charge >= 0.3 is 0 Å². The summed E-state index contributed by atoms with van der Waals surface area (Å²) in [6, 6.07) is 1.17. The molecule has 2 atom stereocenters. The molecule has 1 fully saturated rings. The van der Waals surface area contributed by atoms with Crippen LogP contribution in [0.5, 0.6) is 0 Å². The van der Waals surface area contributed by atoms with Crippen molar-refractivity contribution in [1.82, 2.24) is 10.2 Å². The van der Waals surface area contributed by atoms with Crippen LogP contribution in [0.4, 0.5) is 0 Å². The highest BCUT2D eigenvalue weighted by atomic mass is 16.3. The molecule has 0 saturated carbocycles. The summed E-state index contributed by atoms with van der Waals surface area (Å²) in [4.78, 5) is 2.54. The summed E-state index contributed by atoms with van der Waals surface area (Å²) < 4.78 is 0. The van der Waals surface area contributed by atoms with Gasteiger partial charge in [-0.3, -0.25) is 4.90 Å². The Kier molecular flexibility index (Phi) is 5.45. The van der Waals surface area contributed by atoms with Gasteiger partial charge in [0.25, 0.3) is 0 Å². The van der Waals surface area contributed by atoms with Crippen LogP contribution in [0.3, 0.4) is 0 Å². The number of aliphatic hydroxyl groups is 1. The lowest BCUT2D eigenvalue weighted by molar-refractivity contribution is 0.137. The third-order valence-electron chi connectivity index (χ3n) is 3.28. The number of hydrogen-bond donors (Lipinski definition) is 2. The van der Waals surface area contributed by atoms with Gasteiger partial charge in [-0.05, 0) is 39.8 Å². The number of rotatable bonds is 5. The number of piperidine rings is 1. The summed E-state index contributed by atoms with van der Waals surface area (Å²) in [5.41, 5.74) is 0. The van der Waals surface area contributed by atoms with E-state index in [0.29, 0.717) is 6.04 Å². The van der Waals surface area contributed by atoms with Crippen molar-refractivity contribution in [2.45, 2.75) is 44.7 Å². The van der Waals surface area contributed by atoms with Crippen molar-refractivity contribution >= 4 is 0 Å². The second kappa shape index (κ2) is 6.38. The number of likely N-dealkylation sites (tertiary alicyclic amines) is 1. The van der Waals surface area contributed by atoms with Crippen LogP contribution < -0.4 is 5.32 Å². The van der Waals surface area contributed by atoms with E-state index in [0.717, 1.165) is 19.0 Å². The average molecular weight is 200 g/mol. The van der Waals surface area contributed by atoms with Crippen LogP contribution in [0, 0.1) is 0 Å². The highest BCUT2D eigenvalue weighted by molar-refractivity contribution is 4.78. The molecule has 3 heteroatoms. The summed E-state index contributed by atoms with van der Waals surface area (Å²) in [6.07, 6.45) is 4.90. The largest absolute Gasteiger partial charge is 0.396 e. The maximum absolute atomic E-state index is 8.90. The number of nitrogens with zero attached hydrogens (tertiary/aromatic N) is 1. The van der Waals surface area contributed by atoms with E-state index < -0.39 is 0 Å². The van der Waals surface area contributed by atoms with Crippen molar-refractivity contribution in [2.75, 3.05) is 26.7 Å². The van der Waals surface area contributed by atoms with E-state index in [4.69, 9.17) is 5.11 Å². The topological polar surface area (TPSA) is 35.5 Å². The van der Waals surface area contributed by atoms with E-state index in [1.54, 1.807) is 0 Å². The normalized spacial score (nSPS) is 26.4. The fourth-order valence-corrected chi connectivity index (χ4v) is 2.19. The van der Waals surface area contributed by atoms with Crippen molar-refractivity contribution in [1.29, 1.82) is 0 Å². The minimum absolute atomic E-state index is 0.285. The van der Waals surface area contributed by atoms with Crippen molar-refractivity contribution in [3.05, 3.63) is 0 Å². The maximum atomic E-state index is 8.90. The Bertz CT molecular complexity index is 152. The fraction of sp³-hybridized carbons (Fsp3) is 1.00. The first kappa shape index (κ1) is 12.0. The summed E-state index contributed by atoms with van der Waals surface area (Å²) >= 11 is 0. The Morgan fingerprint density at radius 2 is 2.29 bits per heavy atom. The first-order chi connectivity index (χ1) is 6.77. The molecule has 1 aliphatic heterocycles. The molecule has 1 aliphatic rings. The van der Waals surface area contributed by atoms with Crippen LogP contribution in [-0.2, 0) is 0 Å². The minimum Gasteiger partial charge on any atom is -0.396 e. The average Bonchev–Trinajstić information content (AvgIpc) is 2.20. The van der Waals surface area contributed by atoms with E-state index in [2.05, 4.69) is 17.1 Å². The molecule has 1 rings (SSSR count). The summed E-state index contributed by atoms with van der Waals surface area (Å²) in [6.45, 7) is 4.90. The second-order valence-electron chi connectivity index (χ2n) is 4.34. The first-order valence-electron chi connectivity index (χ1n) is 5.80. The molecule has 0 spiro atoms. The van der Waals surface area contributed by atoms with Gasteiger partial charge in [-0.25, -0.2) is 0 Å². The number of likely N-dealkylation sites (N-methyl/N-ethyl adjacent to an activating group) is 1. The first-order valence-corrected chi connectivity index (χ1v) is 5.80. The van der Waals surface area contributed by atoms with Crippen molar-refractivity contribution in [3.8, 4) is 0 Å². The Morgan fingerprint density at radius 1 is 1.50 bits per heavy atom. The predicted octanol–water partition coefficient (Wildman–Crippen LogP) is 0.831. The van der Waals surface area contributed by atoms with Gasteiger partial charge in [-0.1, -0.05) is 6.42 Å². The lowest BCUT2D eigenvalue weighted by Gasteiger charge is -2.35. The van der Waals surface area contributed by atoms with Crippen LogP contribution in [-0.4, -0.2) is 48.8 Å². The molecule has 14 heavy (non-hydrogen) atoms. The molecule has 3 nitrogen and oxygen atoms in total. The van der Waals surface area contributed by atoms with Crippen LogP contribution in [0.15, 0.2) is 0 Å². The van der Waals surface area contributed by atoms with Crippen molar-refractivity contribution in [2.24, 2.45) is 0 Å². The molecule has 0 aromatic rings. The lowest BCUT2D eigenvalue weighted by Crippen LogP contribution is -2.46. The summed E-state index contributed by atoms with van der Waals surface area (Å²) in [5.74, 6) is 0. The predicted molar refractivity (Wildman–Crippen MR) is 59.4 cm³/mol. The molecule has 2 N–H and O–H groups in total. The van der Waals surface area contributed by atoms with E-state index in [9.17, 15) is 0 Å². The van der Waals surface area contributed by atoms with Crippen LogP contribution in [0.2, 0.25) is 0 Å². The Hall–Kier alpha value is -0.120. The van der Waals surface area contributed by atoms with Gasteiger partial charge in [0, 0.05) is 25.2 Å². The minimum atomic E-state index is 0.285. The van der Waals surface area contributed by atoms with Gasteiger partial charge in [-0.2, -0.15) is 0 Å². The highest BCUT2D eigenvalue weighted by Gasteiger charge is 2.20. The molecule has 0 aromatic carbocycles. The monoisotopic (exact) mass is 200 g/mol. The van der Waals surface area contributed by atoms with Gasteiger partial charge in [0.2, 0.25) is 0 Å². The molecular weight excluding hydrogens is 176 g/mol. The molecule has 1 heterocycles. The second-order valence-corrected chi connectivity index (χ2v) is 4.34. The Labute approximate surface area is 87.5 Å². The van der Waals surface area contributed by atoms with Gasteiger partial charge in [0.1, 0.15) is 0 Å². The van der Waals surface area contributed by atoms with Crippen LogP contribution in [0.1, 0.15) is 32.6 Å². The van der Waals surface area contributed by atoms with Gasteiger partial charge in [0.15, 0.2) is 0 Å². The van der Waals surface area contributed by atoms with Gasteiger partial charge < -0.3 is 10.4 Å². The number of nitrogens with one attached hydrogen (secondary N) is 1. The third kappa shape index (κ3) is 3.56. The summed E-state index contributed by atoms with van der Waals surface area (Å²) in [7, 11) is 1.98. The smallest absolute Gasteiger partial charge is 0.0446 e. The van der Waals surface area contributed by atoms with Crippen molar-refractivity contribution in [3.63, 3.8) is 0 Å². The molecule has 0 amide bonds. The molecule has 0 aliphatic carbocycles. The molecule has 0 radical (unpaired) electrons. The molecule has 84 valence electrons. The third-order valence-corrected chi connectivity index (χ3v) is 3.28. The zero-order chi connectivity index (χ0) is 10.4. The highest BCUT2D eigenvalue weighted by Crippen LogP contribution is 2.16. The number of hydrogen-bond acceptors (Lipinski definition) is 3. The molecular formula is C11H24N2O. The SMILES string of the molecule is CNC(CCO)CN1CCCCC1C. The maximum Gasteiger partial charge on any atom is 0.0446 e. The molecule has 1 saturated heterocycles. The standard InChI is InChI=1S/C11H24N2O/c1-10-5-3-4-7-13(10)9-11(12-2)6-8-14/h10-12,14H,3-9H2,1-2H3. The molecule has 0 bridgehead atoms. The zero-order valence-electron chi connectivity index (χ0n) is 9.50. The quantitative estimate of drug-likeness (QED) is 0.690. The van der Waals surface area contributed by atoms with Crippen LogP contribution in [0.25, 0.3) is 0 Å². The lowest BCUT2D eigenvalue weighted by atomic mass is 10.0. The Balaban J connectivity index is 2.31. The fourth-order valence-electron chi connectivity index (χ4n) is 2.19. The van der Waals surface area contributed by atoms with E-state index >= 15 is 0 Å². The molecule has 0 aromatic heterocycles. The summed E-state index contributed by atoms with van der Waals surface area (Å²) in [5, 5.41) is 12.2.